The van der Waals surface area contributed by atoms with Crippen molar-refractivity contribution in [3.63, 3.8) is 0 Å². The van der Waals surface area contributed by atoms with Gasteiger partial charge in [0, 0.05) is 11.8 Å². The average molecular weight is 307 g/mol. The molecule has 0 aliphatic carbocycles. The van der Waals surface area contributed by atoms with Crippen LogP contribution in [0.4, 0.5) is 0 Å². The lowest BCUT2D eigenvalue weighted by molar-refractivity contribution is 0.846. The largest absolute Gasteiger partial charge is 0.231 e. The maximum atomic E-state index is 6.26. The van der Waals surface area contributed by atoms with E-state index in [0.717, 1.165) is 22.2 Å². The van der Waals surface area contributed by atoms with E-state index in [1.54, 1.807) is 10.9 Å². The molecule has 0 bridgehead atoms. The molecule has 22 heavy (non-hydrogen) atoms. The molecule has 0 saturated carbocycles. The maximum Gasteiger partial charge on any atom is 0.192 e. The number of hydrogen-bond acceptors (Lipinski definition) is 3. The van der Waals surface area contributed by atoms with Crippen LogP contribution in [0.25, 0.3) is 28.0 Å². The van der Waals surface area contributed by atoms with Crippen LogP contribution in [0.5, 0.6) is 0 Å². The molecule has 4 nitrogen and oxygen atoms in total. The molecule has 4 rings (SSSR count). The SMILES string of the molecule is Clc1nc2ccccc2nc1-n1cc(-c2ccccc2)cn1. The Labute approximate surface area is 132 Å². The predicted octanol–water partition coefficient (Wildman–Crippen LogP) is 4.14. The third-order valence-electron chi connectivity index (χ3n) is 3.42. The highest BCUT2D eigenvalue weighted by Crippen LogP contribution is 2.23. The average Bonchev–Trinajstić information content (AvgIpc) is 3.05. The highest BCUT2D eigenvalue weighted by Gasteiger charge is 2.10. The van der Waals surface area contributed by atoms with Crippen LogP contribution in [0.1, 0.15) is 0 Å². The first kappa shape index (κ1) is 13.0. The quantitative estimate of drug-likeness (QED) is 0.559. The summed E-state index contributed by atoms with van der Waals surface area (Å²) in [4.78, 5) is 8.93. The Kier molecular flexibility index (Phi) is 3.09. The number of hydrogen-bond donors (Lipinski definition) is 0. The van der Waals surface area contributed by atoms with Crippen LogP contribution in [0.2, 0.25) is 5.15 Å². The van der Waals surface area contributed by atoms with E-state index in [2.05, 4.69) is 15.1 Å². The zero-order valence-corrected chi connectivity index (χ0v) is 12.3. The van der Waals surface area contributed by atoms with E-state index in [9.17, 15) is 0 Å². The minimum absolute atomic E-state index is 0.335. The number of halogens is 1. The molecule has 0 aliphatic heterocycles. The number of benzene rings is 2. The zero-order chi connectivity index (χ0) is 14.9. The Bertz CT molecular complexity index is 947. The van der Waals surface area contributed by atoms with Gasteiger partial charge in [-0.1, -0.05) is 54.1 Å². The third-order valence-corrected chi connectivity index (χ3v) is 3.67. The minimum atomic E-state index is 0.335. The summed E-state index contributed by atoms with van der Waals surface area (Å²) in [6.45, 7) is 0. The van der Waals surface area contributed by atoms with Crippen molar-refractivity contribution >= 4 is 22.6 Å². The molecular weight excluding hydrogens is 296 g/mol. The monoisotopic (exact) mass is 306 g/mol. The number of para-hydroxylation sites is 2. The molecule has 0 amide bonds. The van der Waals surface area contributed by atoms with Crippen LogP contribution in [0, 0.1) is 0 Å². The van der Waals surface area contributed by atoms with Crippen LogP contribution in [0.15, 0.2) is 67.0 Å². The fourth-order valence-corrected chi connectivity index (χ4v) is 2.55. The fourth-order valence-electron chi connectivity index (χ4n) is 2.33. The molecule has 0 spiro atoms. The van der Waals surface area contributed by atoms with E-state index in [4.69, 9.17) is 11.6 Å². The van der Waals surface area contributed by atoms with Gasteiger partial charge in [-0.3, -0.25) is 0 Å². The Morgan fingerprint density at radius 1 is 0.773 bits per heavy atom. The first-order valence-corrected chi connectivity index (χ1v) is 7.22. The molecule has 0 unspecified atom stereocenters. The molecule has 0 atom stereocenters. The summed E-state index contributed by atoms with van der Waals surface area (Å²) in [5, 5.41) is 4.69. The lowest BCUT2D eigenvalue weighted by Crippen LogP contribution is -2.01. The van der Waals surface area contributed by atoms with E-state index in [-0.39, 0.29) is 0 Å². The molecule has 5 heteroatoms. The van der Waals surface area contributed by atoms with Crippen LogP contribution in [0.3, 0.4) is 0 Å². The topological polar surface area (TPSA) is 43.6 Å². The summed E-state index contributed by atoms with van der Waals surface area (Å²) < 4.78 is 1.66. The molecule has 2 aromatic heterocycles. The van der Waals surface area contributed by atoms with E-state index in [1.807, 2.05) is 60.8 Å². The molecule has 106 valence electrons. The second-order valence-electron chi connectivity index (χ2n) is 4.87. The first-order valence-electron chi connectivity index (χ1n) is 6.84. The van der Waals surface area contributed by atoms with Crippen molar-refractivity contribution in [2.75, 3.05) is 0 Å². The van der Waals surface area contributed by atoms with Crippen molar-refractivity contribution in [3.05, 3.63) is 72.1 Å². The highest BCUT2D eigenvalue weighted by atomic mass is 35.5. The molecule has 2 heterocycles. The predicted molar refractivity (Wildman–Crippen MR) is 87.1 cm³/mol. The Balaban J connectivity index is 1.82. The van der Waals surface area contributed by atoms with Gasteiger partial charge in [-0.05, 0) is 17.7 Å². The number of nitrogens with zero attached hydrogens (tertiary/aromatic N) is 4. The molecule has 0 fully saturated rings. The second-order valence-corrected chi connectivity index (χ2v) is 5.22. The minimum Gasteiger partial charge on any atom is -0.231 e. The van der Waals surface area contributed by atoms with Crippen molar-refractivity contribution in [1.82, 2.24) is 19.7 Å². The maximum absolute atomic E-state index is 6.26. The number of fused-ring (bicyclic) bond motifs is 1. The van der Waals surface area contributed by atoms with E-state index in [0.29, 0.717) is 11.0 Å². The molecule has 0 saturated heterocycles. The van der Waals surface area contributed by atoms with Crippen molar-refractivity contribution in [3.8, 4) is 16.9 Å². The Hall–Kier alpha value is -2.72. The van der Waals surface area contributed by atoms with Crippen LogP contribution in [-0.4, -0.2) is 19.7 Å². The van der Waals surface area contributed by atoms with Crippen molar-refractivity contribution in [1.29, 1.82) is 0 Å². The van der Waals surface area contributed by atoms with E-state index < -0.39 is 0 Å². The lowest BCUT2D eigenvalue weighted by atomic mass is 10.1. The first-order chi connectivity index (χ1) is 10.8. The van der Waals surface area contributed by atoms with Crippen molar-refractivity contribution < 1.29 is 0 Å². The summed E-state index contributed by atoms with van der Waals surface area (Å²) in [7, 11) is 0. The normalized spacial score (nSPS) is 11.0. The van der Waals surface area contributed by atoms with Gasteiger partial charge >= 0.3 is 0 Å². The van der Waals surface area contributed by atoms with Gasteiger partial charge in [0.2, 0.25) is 0 Å². The summed E-state index contributed by atoms with van der Waals surface area (Å²) in [6, 6.07) is 17.7. The van der Waals surface area contributed by atoms with Gasteiger partial charge in [0.25, 0.3) is 0 Å². The molecular formula is C17H11ClN4. The summed E-state index contributed by atoms with van der Waals surface area (Å²) in [5.41, 5.74) is 3.66. The molecule has 4 aromatic rings. The van der Waals surface area contributed by atoms with Gasteiger partial charge in [0.05, 0.1) is 17.2 Å². The van der Waals surface area contributed by atoms with Crippen LogP contribution in [-0.2, 0) is 0 Å². The molecule has 0 aliphatic rings. The van der Waals surface area contributed by atoms with Crippen LogP contribution >= 0.6 is 11.6 Å². The standard InChI is InChI=1S/C17H11ClN4/c18-16-17(21-15-9-5-4-8-14(15)20-16)22-11-13(10-19-22)12-6-2-1-3-7-12/h1-11H. The van der Waals surface area contributed by atoms with Crippen molar-refractivity contribution in [2.24, 2.45) is 0 Å². The smallest absolute Gasteiger partial charge is 0.192 e. The van der Waals surface area contributed by atoms with Crippen LogP contribution < -0.4 is 0 Å². The van der Waals surface area contributed by atoms with E-state index in [1.165, 1.54) is 0 Å². The summed E-state index contributed by atoms with van der Waals surface area (Å²) in [6.07, 6.45) is 3.70. The number of rotatable bonds is 2. The second kappa shape index (κ2) is 5.24. The third kappa shape index (κ3) is 2.23. The van der Waals surface area contributed by atoms with Crippen molar-refractivity contribution in [2.45, 2.75) is 0 Å². The molecule has 2 aromatic carbocycles. The van der Waals surface area contributed by atoms with Gasteiger partial charge in [0.1, 0.15) is 0 Å². The summed E-state index contributed by atoms with van der Waals surface area (Å²) >= 11 is 6.26. The highest BCUT2D eigenvalue weighted by molar-refractivity contribution is 6.31. The van der Waals surface area contributed by atoms with Gasteiger partial charge < -0.3 is 0 Å². The molecule has 0 radical (unpaired) electrons. The summed E-state index contributed by atoms with van der Waals surface area (Å²) in [5.74, 6) is 0.530. The molecule has 0 N–H and O–H groups in total. The Morgan fingerprint density at radius 3 is 2.23 bits per heavy atom. The lowest BCUT2D eigenvalue weighted by Gasteiger charge is -2.04. The van der Waals surface area contributed by atoms with Gasteiger partial charge in [0.15, 0.2) is 11.0 Å². The van der Waals surface area contributed by atoms with E-state index >= 15 is 0 Å². The van der Waals surface area contributed by atoms with Gasteiger partial charge in [-0.15, -0.1) is 0 Å². The van der Waals surface area contributed by atoms with Gasteiger partial charge in [-0.2, -0.15) is 5.10 Å². The Morgan fingerprint density at radius 2 is 1.45 bits per heavy atom. The van der Waals surface area contributed by atoms with Gasteiger partial charge in [-0.25, -0.2) is 14.6 Å². The zero-order valence-electron chi connectivity index (χ0n) is 11.5. The number of aromatic nitrogens is 4. The fraction of sp³-hybridized carbons (Fsp3) is 0.